The Kier molecular flexibility index (Phi) is 11.4. The quantitative estimate of drug-likeness (QED) is 0.202. The maximum atomic E-state index is 13.2. The van der Waals surface area contributed by atoms with E-state index < -0.39 is 24.5 Å². The van der Waals surface area contributed by atoms with Gasteiger partial charge in [0.2, 0.25) is 0 Å². The Hall–Kier alpha value is -3.60. The highest BCUT2D eigenvalue weighted by Crippen LogP contribution is 2.41. The SMILES string of the molecule is COCCOC(=O)Nc1ccc(-c2ccc(O)c3c2CC(CC(CCO)C(CO)C(=O)CC(C)=O)CC3=O)cc1. The molecule has 216 valence electrons. The summed E-state index contributed by atoms with van der Waals surface area (Å²) in [6, 6.07) is 10.2. The van der Waals surface area contributed by atoms with Crippen LogP contribution in [0.4, 0.5) is 10.5 Å². The lowest BCUT2D eigenvalue weighted by atomic mass is 9.72. The highest BCUT2D eigenvalue weighted by molar-refractivity contribution is 6.03. The minimum Gasteiger partial charge on any atom is -0.507 e. The van der Waals surface area contributed by atoms with Crippen LogP contribution in [0.5, 0.6) is 5.75 Å². The number of phenols is 1. The molecule has 4 N–H and O–H groups in total. The first-order valence-electron chi connectivity index (χ1n) is 13.3. The Morgan fingerprint density at radius 2 is 1.77 bits per heavy atom. The zero-order valence-corrected chi connectivity index (χ0v) is 22.9. The molecular formula is C30H37NO9. The number of hydrogen-bond donors (Lipinski definition) is 4. The van der Waals surface area contributed by atoms with Gasteiger partial charge in [-0.05, 0) is 72.9 Å². The normalized spacial score (nSPS) is 16.1. The molecule has 0 aliphatic heterocycles. The van der Waals surface area contributed by atoms with E-state index in [1.54, 1.807) is 30.3 Å². The lowest BCUT2D eigenvalue weighted by Gasteiger charge is -2.31. The van der Waals surface area contributed by atoms with E-state index in [9.17, 15) is 34.5 Å². The van der Waals surface area contributed by atoms with Gasteiger partial charge in [-0.3, -0.25) is 19.7 Å². The van der Waals surface area contributed by atoms with Gasteiger partial charge >= 0.3 is 6.09 Å². The van der Waals surface area contributed by atoms with Crippen LogP contribution in [0.3, 0.4) is 0 Å². The number of carbonyl (C=O) groups excluding carboxylic acids is 4. The van der Waals surface area contributed by atoms with Crippen LogP contribution in [0.15, 0.2) is 36.4 Å². The number of amides is 1. The molecule has 0 radical (unpaired) electrons. The van der Waals surface area contributed by atoms with Gasteiger partial charge in [0.25, 0.3) is 0 Å². The number of carbonyl (C=O) groups is 4. The molecule has 2 aromatic rings. The van der Waals surface area contributed by atoms with E-state index in [2.05, 4.69) is 5.32 Å². The number of hydrogen-bond acceptors (Lipinski definition) is 9. The summed E-state index contributed by atoms with van der Waals surface area (Å²) in [6.07, 6.45) is 0.343. The van der Waals surface area contributed by atoms with Crippen LogP contribution >= 0.6 is 0 Å². The van der Waals surface area contributed by atoms with Crippen molar-refractivity contribution in [2.45, 2.75) is 39.0 Å². The van der Waals surface area contributed by atoms with Crippen molar-refractivity contribution in [1.29, 1.82) is 0 Å². The zero-order chi connectivity index (χ0) is 29.2. The molecule has 0 aromatic heterocycles. The Balaban J connectivity index is 1.83. The predicted octanol–water partition coefficient (Wildman–Crippen LogP) is 3.54. The first-order chi connectivity index (χ1) is 19.2. The molecule has 10 heteroatoms. The van der Waals surface area contributed by atoms with Crippen LogP contribution in [-0.2, 0) is 25.5 Å². The minimum absolute atomic E-state index is 0.101. The van der Waals surface area contributed by atoms with Crippen LogP contribution in [0.1, 0.15) is 48.5 Å². The van der Waals surface area contributed by atoms with Gasteiger partial charge < -0.3 is 24.8 Å². The second-order valence-electron chi connectivity index (χ2n) is 10.2. The topological polar surface area (TPSA) is 159 Å². The molecule has 1 amide bonds. The van der Waals surface area contributed by atoms with E-state index in [1.165, 1.54) is 20.1 Å². The highest BCUT2D eigenvalue weighted by Gasteiger charge is 2.35. The summed E-state index contributed by atoms with van der Waals surface area (Å²) in [5, 5.41) is 32.8. The summed E-state index contributed by atoms with van der Waals surface area (Å²) in [4.78, 5) is 49.3. The number of aliphatic hydroxyl groups is 2. The summed E-state index contributed by atoms with van der Waals surface area (Å²) in [6.45, 7) is 1.08. The number of aromatic hydroxyl groups is 1. The Morgan fingerprint density at radius 1 is 1.05 bits per heavy atom. The van der Waals surface area contributed by atoms with E-state index in [4.69, 9.17) is 9.47 Å². The standard InChI is InChI=1S/C30H37NO9/c1-18(34)13-27(36)25(17-33)21(9-10-32)14-19-15-24-23(7-8-26(35)29(24)28(37)16-19)20-3-5-22(6-4-20)31-30(38)40-12-11-39-2/h3-8,19,21,25,32-33,35H,9-17H2,1-2H3,(H,31,38). The van der Waals surface area contributed by atoms with Gasteiger partial charge in [-0.1, -0.05) is 18.2 Å². The summed E-state index contributed by atoms with van der Waals surface area (Å²) < 4.78 is 9.86. The van der Waals surface area contributed by atoms with E-state index in [0.717, 1.165) is 11.1 Å². The third-order valence-corrected chi connectivity index (χ3v) is 7.24. The first kappa shape index (κ1) is 30.9. The van der Waals surface area contributed by atoms with Crippen LogP contribution in [-0.4, -0.2) is 72.3 Å². The second-order valence-corrected chi connectivity index (χ2v) is 10.2. The second kappa shape index (κ2) is 14.7. The fourth-order valence-corrected chi connectivity index (χ4v) is 5.39. The van der Waals surface area contributed by atoms with E-state index in [1.807, 2.05) is 0 Å². The zero-order valence-electron chi connectivity index (χ0n) is 22.9. The number of ether oxygens (including phenoxy) is 2. The maximum Gasteiger partial charge on any atom is 0.411 e. The molecule has 0 bridgehead atoms. The number of nitrogens with one attached hydrogen (secondary N) is 1. The third kappa shape index (κ3) is 7.97. The van der Waals surface area contributed by atoms with Crippen molar-refractivity contribution < 1.29 is 44.0 Å². The number of phenolic OH excluding ortho intramolecular Hbond substituents is 1. The number of methoxy groups -OCH3 is 1. The van der Waals surface area contributed by atoms with Gasteiger partial charge in [0.05, 0.1) is 25.2 Å². The number of Topliss-reactive ketones (excluding diaryl/α,β-unsaturated/α-hetero) is 3. The third-order valence-electron chi connectivity index (χ3n) is 7.24. The molecule has 0 saturated carbocycles. The molecule has 1 aliphatic carbocycles. The molecule has 10 nitrogen and oxygen atoms in total. The van der Waals surface area contributed by atoms with Crippen molar-refractivity contribution in [3.8, 4) is 16.9 Å². The molecule has 0 saturated heterocycles. The average Bonchev–Trinajstić information content (AvgIpc) is 2.89. The number of benzene rings is 2. The van der Waals surface area contributed by atoms with Gasteiger partial charge in [-0.15, -0.1) is 0 Å². The lowest BCUT2D eigenvalue weighted by molar-refractivity contribution is -0.131. The summed E-state index contributed by atoms with van der Waals surface area (Å²) in [5.41, 5.74) is 3.00. The van der Waals surface area contributed by atoms with Gasteiger partial charge in [-0.25, -0.2) is 4.79 Å². The van der Waals surface area contributed by atoms with Crippen LogP contribution in [0, 0.1) is 17.8 Å². The van der Waals surface area contributed by atoms with Crippen molar-refractivity contribution in [3.05, 3.63) is 47.5 Å². The average molecular weight is 556 g/mol. The number of anilines is 1. The van der Waals surface area contributed by atoms with Crippen LogP contribution in [0.25, 0.3) is 11.1 Å². The van der Waals surface area contributed by atoms with E-state index in [-0.39, 0.29) is 73.7 Å². The lowest BCUT2D eigenvalue weighted by Crippen LogP contribution is -2.32. The first-order valence-corrected chi connectivity index (χ1v) is 13.3. The Labute approximate surface area is 233 Å². The molecule has 3 unspecified atom stereocenters. The molecular weight excluding hydrogens is 518 g/mol. The van der Waals surface area contributed by atoms with Crippen LogP contribution in [0.2, 0.25) is 0 Å². The van der Waals surface area contributed by atoms with Gasteiger partial charge in [0.1, 0.15) is 23.9 Å². The van der Waals surface area contributed by atoms with Gasteiger partial charge in [0.15, 0.2) is 5.78 Å². The molecule has 3 rings (SSSR count). The fraction of sp³-hybridized carbons (Fsp3) is 0.467. The smallest absolute Gasteiger partial charge is 0.411 e. The molecule has 1 aliphatic rings. The molecule has 3 atom stereocenters. The summed E-state index contributed by atoms with van der Waals surface area (Å²) in [5.74, 6) is -2.40. The molecule has 0 fully saturated rings. The molecule has 0 heterocycles. The number of rotatable bonds is 14. The number of aliphatic hydroxyl groups excluding tert-OH is 2. The van der Waals surface area contributed by atoms with E-state index >= 15 is 0 Å². The Bertz CT molecular complexity index is 1210. The predicted molar refractivity (Wildman–Crippen MR) is 147 cm³/mol. The molecule has 40 heavy (non-hydrogen) atoms. The van der Waals surface area contributed by atoms with Crippen molar-refractivity contribution in [1.82, 2.24) is 0 Å². The highest BCUT2D eigenvalue weighted by atomic mass is 16.6. The molecule has 0 spiro atoms. The number of fused-ring (bicyclic) bond motifs is 1. The van der Waals surface area contributed by atoms with E-state index in [0.29, 0.717) is 24.1 Å². The van der Waals surface area contributed by atoms with Crippen molar-refractivity contribution in [3.63, 3.8) is 0 Å². The molecule has 2 aromatic carbocycles. The van der Waals surface area contributed by atoms with Gasteiger partial charge in [-0.2, -0.15) is 0 Å². The van der Waals surface area contributed by atoms with Crippen molar-refractivity contribution in [2.75, 3.05) is 38.9 Å². The number of ketones is 3. The summed E-state index contributed by atoms with van der Waals surface area (Å²) in [7, 11) is 1.51. The van der Waals surface area contributed by atoms with Crippen molar-refractivity contribution >= 4 is 29.1 Å². The van der Waals surface area contributed by atoms with Crippen LogP contribution < -0.4 is 5.32 Å². The largest absolute Gasteiger partial charge is 0.507 e. The fourth-order valence-electron chi connectivity index (χ4n) is 5.39. The monoisotopic (exact) mass is 555 g/mol. The maximum absolute atomic E-state index is 13.2. The van der Waals surface area contributed by atoms with Gasteiger partial charge in [0, 0.05) is 31.7 Å². The minimum atomic E-state index is -0.808. The summed E-state index contributed by atoms with van der Waals surface area (Å²) >= 11 is 0. The van der Waals surface area contributed by atoms with Crippen molar-refractivity contribution in [2.24, 2.45) is 17.8 Å². The Morgan fingerprint density at radius 3 is 2.40 bits per heavy atom.